The molecule has 0 fully saturated rings. The Morgan fingerprint density at radius 3 is 2.22 bits per heavy atom. The largest absolute Gasteiger partial charge is 0.493 e. The van der Waals surface area contributed by atoms with Gasteiger partial charge in [0.2, 0.25) is 0 Å². The number of nitrogens with one attached hydrogen (secondary N) is 2. The predicted octanol–water partition coefficient (Wildman–Crippen LogP) is 5.11. The Morgan fingerprint density at radius 2 is 1.62 bits per heavy atom. The van der Waals surface area contributed by atoms with Crippen molar-refractivity contribution in [2.24, 2.45) is 0 Å². The number of anilines is 2. The van der Waals surface area contributed by atoms with Crippen molar-refractivity contribution in [3.63, 3.8) is 0 Å². The molecule has 0 radical (unpaired) electrons. The molecule has 0 heterocycles. The zero-order valence-corrected chi connectivity index (χ0v) is 19.4. The average Bonchev–Trinajstić information content (AvgIpc) is 2.76. The van der Waals surface area contributed by atoms with E-state index in [0.29, 0.717) is 35.0 Å². The highest BCUT2D eigenvalue weighted by atomic mass is 35.5. The number of carbonyl (C=O) groups is 1. The second kappa shape index (κ2) is 9.93. The van der Waals surface area contributed by atoms with Crippen LogP contribution in [0, 0.1) is 6.92 Å². The molecule has 0 saturated heterocycles. The third-order valence-corrected chi connectivity index (χ3v) is 6.18. The highest BCUT2D eigenvalue weighted by Gasteiger charge is 2.17. The molecule has 0 aromatic heterocycles. The summed E-state index contributed by atoms with van der Waals surface area (Å²) in [5, 5.41) is 3.01. The van der Waals surface area contributed by atoms with Crippen LogP contribution >= 0.6 is 11.6 Å². The van der Waals surface area contributed by atoms with E-state index in [1.54, 1.807) is 48.5 Å². The molecular formula is C23H23ClN2O5S. The number of amides is 1. The number of halogens is 1. The molecule has 2 N–H and O–H groups in total. The number of hydrogen-bond acceptors (Lipinski definition) is 5. The van der Waals surface area contributed by atoms with Crippen LogP contribution in [-0.2, 0) is 10.0 Å². The molecule has 0 unspecified atom stereocenters. The predicted molar refractivity (Wildman–Crippen MR) is 126 cm³/mol. The van der Waals surface area contributed by atoms with Gasteiger partial charge in [-0.25, -0.2) is 8.42 Å². The Morgan fingerprint density at radius 1 is 1.00 bits per heavy atom. The Bertz CT molecular complexity index is 1210. The van der Waals surface area contributed by atoms with Crippen molar-refractivity contribution in [3.05, 3.63) is 76.8 Å². The minimum atomic E-state index is -3.71. The van der Waals surface area contributed by atoms with Crippen molar-refractivity contribution in [2.45, 2.75) is 18.7 Å². The summed E-state index contributed by atoms with van der Waals surface area (Å²) in [7, 11) is -2.24. The molecule has 32 heavy (non-hydrogen) atoms. The minimum Gasteiger partial charge on any atom is -0.493 e. The van der Waals surface area contributed by atoms with Gasteiger partial charge in [-0.3, -0.25) is 9.52 Å². The van der Waals surface area contributed by atoms with E-state index < -0.39 is 15.9 Å². The van der Waals surface area contributed by atoms with Crippen LogP contribution in [0.1, 0.15) is 22.8 Å². The van der Waals surface area contributed by atoms with Gasteiger partial charge < -0.3 is 14.8 Å². The molecular weight excluding hydrogens is 452 g/mol. The van der Waals surface area contributed by atoms with Crippen molar-refractivity contribution < 1.29 is 22.7 Å². The summed E-state index contributed by atoms with van der Waals surface area (Å²) >= 11 is 6.23. The maximum absolute atomic E-state index is 12.7. The number of hydrogen-bond donors (Lipinski definition) is 2. The third kappa shape index (κ3) is 5.52. The van der Waals surface area contributed by atoms with E-state index in [1.807, 2.05) is 13.8 Å². The number of rotatable bonds is 8. The Balaban J connectivity index is 1.72. The molecule has 7 nitrogen and oxygen atoms in total. The van der Waals surface area contributed by atoms with Gasteiger partial charge in [-0.1, -0.05) is 29.3 Å². The molecule has 3 aromatic rings. The molecule has 0 aliphatic carbocycles. The fourth-order valence-electron chi connectivity index (χ4n) is 2.89. The van der Waals surface area contributed by atoms with Gasteiger partial charge in [0, 0.05) is 16.9 Å². The number of ether oxygens (including phenoxy) is 2. The van der Waals surface area contributed by atoms with E-state index in [1.165, 1.54) is 19.2 Å². The van der Waals surface area contributed by atoms with E-state index in [4.69, 9.17) is 21.1 Å². The maximum Gasteiger partial charge on any atom is 0.261 e. The Labute approximate surface area is 192 Å². The lowest BCUT2D eigenvalue weighted by atomic mass is 10.1. The summed E-state index contributed by atoms with van der Waals surface area (Å²) in [6.07, 6.45) is 0. The van der Waals surface area contributed by atoms with Crippen LogP contribution in [0.3, 0.4) is 0 Å². The van der Waals surface area contributed by atoms with Gasteiger partial charge in [-0.05, 0) is 62.4 Å². The van der Waals surface area contributed by atoms with Crippen LogP contribution in [-0.4, -0.2) is 28.0 Å². The first-order chi connectivity index (χ1) is 15.2. The average molecular weight is 475 g/mol. The number of aryl methyl sites for hydroxylation is 1. The Kier molecular flexibility index (Phi) is 7.27. The topological polar surface area (TPSA) is 93.7 Å². The maximum atomic E-state index is 12.7. The summed E-state index contributed by atoms with van der Waals surface area (Å²) in [5.41, 5.74) is 2.11. The highest BCUT2D eigenvalue weighted by molar-refractivity contribution is 7.92. The van der Waals surface area contributed by atoms with Crippen molar-refractivity contribution >= 4 is 38.9 Å². The molecule has 9 heteroatoms. The number of sulfonamides is 1. The van der Waals surface area contributed by atoms with Gasteiger partial charge in [0.15, 0.2) is 11.5 Å². The van der Waals surface area contributed by atoms with Crippen LogP contribution in [0.5, 0.6) is 11.5 Å². The van der Waals surface area contributed by atoms with E-state index in [2.05, 4.69) is 10.0 Å². The zero-order valence-electron chi connectivity index (χ0n) is 17.8. The van der Waals surface area contributed by atoms with Gasteiger partial charge in [-0.15, -0.1) is 0 Å². The van der Waals surface area contributed by atoms with Gasteiger partial charge in [-0.2, -0.15) is 0 Å². The first-order valence-electron chi connectivity index (χ1n) is 9.74. The van der Waals surface area contributed by atoms with Crippen molar-refractivity contribution in [1.29, 1.82) is 0 Å². The summed E-state index contributed by atoms with van der Waals surface area (Å²) in [4.78, 5) is 12.8. The minimum absolute atomic E-state index is 0.168. The van der Waals surface area contributed by atoms with Gasteiger partial charge in [0.1, 0.15) is 0 Å². The second-order valence-electron chi connectivity index (χ2n) is 6.87. The molecule has 0 atom stereocenters. The molecule has 0 spiro atoms. The van der Waals surface area contributed by atoms with Gasteiger partial charge in [0.05, 0.1) is 23.6 Å². The second-order valence-corrected chi connectivity index (χ2v) is 8.96. The monoisotopic (exact) mass is 474 g/mol. The van der Waals surface area contributed by atoms with E-state index in [9.17, 15) is 13.2 Å². The lowest BCUT2D eigenvalue weighted by Gasteiger charge is -2.13. The van der Waals surface area contributed by atoms with Crippen LogP contribution in [0.25, 0.3) is 0 Å². The quantitative estimate of drug-likeness (QED) is 0.473. The fraction of sp³-hybridized carbons (Fsp3) is 0.174. The number of methoxy groups -OCH3 is 1. The molecule has 168 valence electrons. The lowest BCUT2D eigenvalue weighted by Crippen LogP contribution is -2.14. The molecule has 3 rings (SSSR count). The molecule has 0 saturated carbocycles. The number of benzene rings is 3. The zero-order chi connectivity index (χ0) is 23.3. The molecule has 3 aromatic carbocycles. The smallest absolute Gasteiger partial charge is 0.261 e. The SMILES string of the molecule is CCOc1c(Cl)cc(C(=O)Nc2ccc(NS(=O)(=O)c3ccc(C)cc3)cc2)cc1OC. The molecule has 0 aliphatic heterocycles. The van der Waals surface area contributed by atoms with Gasteiger partial charge >= 0.3 is 0 Å². The molecule has 0 bridgehead atoms. The van der Waals surface area contributed by atoms with Crippen LogP contribution in [0.4, 0.5) is 11.4 Å². The van der Waals surface area contributed by atoms with E-state index >= 15 is 0 Å². The summed E-state index contributed by atoms with van der Waals surface area (Å²) in [6, 6.07) is 15.9. The summed E-state index contributed by atoms with van der Waals surface area (Å²) in [6.45, 7) is 4.11. The van der Waals surface area contributed by atoms with Crippen LogP contribution < -0.4 is 19.5 Å². The normalized spacial score (nSPS) is 11.0. The fourth-order valence-corrected chi connectivity index (χ4v) is 4.22. The lowest BCUT2D eigenvalue weighted by molar-refractivity contribution is 0.102. The third-order valence-electron chi connectivity index (χ3n) is 4.51. The first kappa shape index (κ1) is 23.4. The standard InChI is InChI=1S/C23H23ClN2O5S/c1-4-31-22-20(24)13-16(14-21(22)30-3)23(27)25-17-7-9-18(10-8-17)26-32(28,29)19-11-5-15(2)6-12-19/h5-14,26H,4H2,1-3H3,(H,25,27). The first-order valence-corrected chi connectivity index (χ1v) is 11.6. The van der Waals surface area contributed by atoms with Gasteiger partial charge in [0.25, 0.3) is 15.9 Å². The molecule has 0 aliphatic rings. The highest BCUT2D eigenvalue weighted by Crippen LogP contribution is 2.36. The van der Waals surface area contributed by atoms with Crippen LogP contribution in [0.2, 0.25) is 5.02 Å². The summed E-state index contributed by atoms with van der Waals surface area (Å²) in [5.74, 6) is 0.324. The summed E-state index contributed by atoms with van der Waals surface area (Å²) < 4.78 is 38.3. The Hall–Kier alpha value is -3.23. The van der Waals surface area contributed by atoms with Crippen molar-refractivity contribution in [1.82, 2.24) is 0 Å². The number of carbonyl (C=O) groups excluding carboxylic acids is 1. The van der Waals surface area contributed by atoms with E-state index in [0.717, 1.165) is 5.56 Å². The molecule has 1 amide bonds. The van der Waals surface area contributed by atoms with E-state index in [-0.39, 0.29) is 9.92 Å². The van der Waals surface area contributed by atoms with Crippen molar-refractivity contribution in [3.8, 4) is 11.5 Å². The van der Waals surface area contributed by atoms with Crippen molar-refractivity contribution in [2.75, 3.05) is 23.8 Å². The van der Waals surface area contributed by atoms with Crippen LogP contribution in [0.15, 0.2) is 65.6 Å².